The maximum absolute atomic E-state index is 12.6. The first kappa shape index (κ1) is 79.1. The maximum Gasteiger partial charge on any atom is 0.305 e. The van der Waals surface area contributed by atoms with Crippen molar-refractivity contribution < 1.29 is 24.5 Å². The lowest BCUT2D eigenvalue weighted by Crippen LogP contribution is -2.45. The van der Waals surface area contributed by atoms with Gasteiger partial charge in [0.05, 0.1) is 25.4 Å². The number of carbonyl (C=O) groups excluding carboxylic acids is 2. The quantitative estimate of drug-likeness (QED) is 0.0320. The number of amides is 1. The van der Waals surface area contributed by atoms with Gasteiger partial charge in [0.2, 0.25) is 5.91 Å². The molecule has 2 atom stereocenters. The Bertz CT molecular complexity index is 1310. The molecule has 81 heavy (non-hydrogen) atoms. The molecule has 1 amide bonds. The molecule has 0 aliphatic rings. The van der Waals surface area contributed by atoms with Crippen LogP contribution in [0.25, 0.3) is 0 Å². The van der Waals surface area contributed by atoms with Crippen molar-refractivity contribution in [2.75, 3.05) is 13.2 Å². The van der Waals surface area contributed by atoms with Crippen LogP contribution in [0.4, 0.5) is 0 Å². The third-order valence-electron chi connectivity index (χ3n) is 17.2. The molecule has 0 heterocycles. The highest BCUT2D eigenvalue weighted by Gasteiger charge is 2.20. The van der Waals surface area contributed by atoms with Gasteiger partial charge in [-0.3, -0.25) is 9.59 Å². The Balaban J connectivity index is 3.40. The van der Waals surface area contributed by atoms with E-state index in [-0.39, 0.29) is 18.5 Å². The van der Waals surface area contributed by atoms with Crippen LogP contribution in [0.3, 0.4) is 0 Å². The second kappa shape index (κ2) is 70.6. The smallest absolute Gasteiger partial charge is 0.305 e. The van der Waals surface area contributed by atoms with Crippen molar-refractivity contribution in [2.24, 2.45) is 0 Å². The Morgan fingerprint density at radius 2 is 0.617 bits per heavy atom. The number of aliphatic hydroxyl groups excluding tert-OH is 2. The fourth-order valence-corrected chi connectivity index (χ4v) is 11.6. The number of esters is 1. The zero-order chi connectivity index (χ0) is 58.5. The van der Waals surface area contributed by atoms with E-state index in [4.69, 9.17) is 4.74 Å². The van der Waals surface area contributed by atoms with E-state index in [2.05, 4.69) is 55.6 Å². The topological polar surface area (TPSA) is 95.9 Å². The summed E-state index contributed by atoms with van der Waals surface area (Å²) in [5, 5.41) is 23.4. The Labute approximate surface area is 506 Å². The van der Waals surface area contributed by atoms with Crippen molar-refractivity contribution in [3.63, 3.8) is 0 Å². The zero-order valence-corrected chi connectivity index (χ0v) is 54.8. The Hall–Kier alpha value is -1.92. The first-order valence-corrected chi connectivity index (χ1v) is 36.7. The zero-order valence-electron chi connectivity index (χ0n) is 54.8. The van der Waals surface area contributed by atoms with Gasteiger partial charge >= 0.3 is 5.97 Å². The molecule has 0 aliphatic carbocycles. The molecule has 0 radical (unpaired) electrons. The monoisotopic (exact) mass is 1140 g/mol. The average Bonchev–Trinajstić information content (AvgIpc) is 3.47. The van der Waals surface area contributed by atoms with Gasteiger partial charge in [-0.25, -0.2) is 0 Å². The minimum atomic E-state index is -0.668. The molecule has 0 bridgehead atoms. The van der Waals surface area contributed by atoms with Crippen molar-refractivity contribution in [1.29, 1.82) is 0 Å². The van der Waals surface area contributed by atoms with E-state index in [0.717, 1.165) is 51.4 Å². The molecule has 2 unspecified atom stereocenters. The highest BCUT2D eigenvalue weighted by atomic mass is 16.5. The van der Waals surface area contributed by atoms with Crippen molar-refractivity contribution in [3.8, 4) is 0 Å². The minimum absolute atomic E-state index is 0.00643. The first-order valence-electron chi connectivity index (χ1n) is 36.7. The molecule has 478 valence electrons. The molecule has 6 heteroatoms. The molecular formula is C75H143NO5. The molecule has 0 rings (SSSR count). The van der Waals surface area contributed by atoms with Crippen LogP contribution in [0.5, 0.6) is 0 Å². The molecule has 0 aliphatic heterocycles. The number of unbranched alkanes of at least 4 members (excludes halogenated alkanes) is 52. The summed E-state index contributed by atoms with van der Waals surface area (Å²) in [6, 6.07) is -0.545. The number of ether oxygens (including phenoxy) is 1. The van der Waals surface area contributed by atoms with Crippen LogP contribution in [-0.4, -0.2) is 47.4 Å². The van der Waals surface area contributed by atoms with Gasteiger partial charge in [-0.2, -0.15) is 0 Å². The summed E-state index contributed by atoms with van der Waals surface area (Å²) in [7, 11) is 0. The predicted molar refractivity (Wildman–Crippen MR) is 356 cm³/mol. The lowest BCUT2D eigenvalue weighted by atomic mass is 10.0. The standard InChI is InChI=1S/C75H143NO5/c1-3-5-7-9-11-13-15-17-19-21-22-23-29-32-36-39-43-47-51-55-59-63-67-73(78)72(71-77)76-74(79)68-64-60-56-52-48-44-40-37-33-30-27-25-24-26-28-31-34-38-42-46-50-54-58-62-66-70-81-75(80)69-65-61-57-53-49-45-41-35-20-18-16-14-12-10-8-6-4-2/h12,14,18,20,25,27,72-73,77-78H,3-11,13,15-17,19,21-24,26,28-71H2,1-2H3,(H,76,79)/b14-12-,20-18-,27-25-. The van der Waals surface area contributed by atoms with Crippen LogP contribution in [0, 0.1) is 0 Å². The summed E-state index contributed by atoms with van der Waals surface area (Å²) in [6.07, 6.45) is 90.5. The third-order valence-corrected chi connectivity index (χ3v) is 17.2. The predicted octanol–water partition coefficient (Wildman–Crippen LogP) is 23.9. The normalized spacial score (nSPS) is 12.7. The van der Waals surface area contributed by atoms with Gasteiger partial charge in [-0.1, -0.05) is 346 Å². The van der Waals surface area contributed by atoms with E-state index in [9.17, 15) is 19.8 Å². The van der Waals surface area contributed by atoms with Crippen molar-refractivity contribution in [1.82, 2.24) is 5.32 Å². The summed E-state index contributed by atoms with van der Waals surface area (Å²) >= 11 is 0. The van der Waals surface area contributed by atoms with Gasteiger partial charge < -0.3 is 20.3 Å². The molecule has 0 fully saturated rings. The average molecular weight is 1140 g/mol. The number of aliphatic hydroxyl groups is 2. The van der Waals surface area contributed by atoms with Crippen molar-refractivity contribution >= 4 is 11.9 Å². The van der Waals surface area contributed by atoms with Crippen molar-refractivity contribution in [3.05, 3.63) is 36.5 Å². The number of carbonyl (C=O) groups is 2. The van der Waals surface area contributed by atoms with Crippen LogP contribution in [-0.2, 0) is 14.3 Å². The molecule has 0 saturated carbocycles. The van der Waals surface area contributed by atoms with E-state index < -0.39 is 12.1 Å². The molecule has 6 nitrogen and oxygen atoms in total. The van der Waals surface area contributed by atoms with E-state index in [1.807, 2.05) is 0 Å². The Morgan fingerprint density at radius 3 is 0.975 bits per heavy atom. The van der Waals surface area contributed by atoms with E-state index >= 15 is 0 Å². The molecule has 0 aromatic carbocycles. The molecule has 0 aromatic rings. The van der Waals surface area contributed by atoms with Gasteiger partial charge in [0.15, 0.2) is 0 Å². The minimum Gasteiger partial charge on any atom is -0.466 e. The van der Waals surface area contributed by atoms with Gasteiger partial charge in [0, 0.05) is 12.8 Å². The number of nitrogens with one attached hydrogen (secondary N) is 1. The van der Waals surface area contributed by atoms with E-state index in [1.54, 1.807) is 0 Å². The second-order valence-corrected chi connectivity index (χ2v) is 25.3. The highest BCUT2D eigenvalue weighted by molar-refractivity contribution is 5.76. The van der Waals surface area contributed by atoms with Crippen LogP contribution in [0.2, 0.25) is 0 Å². The summed E-state index contributed by atoms with van der Waals surface area (Å²) in [5.74, 6) is -0.0274. The SMILES string of the molecule is CCCCC/C=C\C/C=C\CCCCCCCCCC(=O)OCCCCCCCCCCCCCC/C=C\CCCCCCCCCCCC(=O)NC(CO)C(O)CCCCCCCCCCCCCCCCCCCCCCCC. The van der Waals surface area contributed by atoms with Crippen LogP contribution in [0.15, 0.2) is 36.5 Å². The number of allylic oxidation sites excluding steroid dienone is 6. The Morgan fingerprint density at radius 1 is 0.346 bits per heavy atom. The van der Waals surface area contributed by atoms with E-state index in [0.29, 0.717) is 25.9 Å². The lowest BCUT2D eigenvalue weighted by Gasteiger charge is -2.22. The summed E-state index contributed by atoms with van der Waals surface area (Å²) in [4.78, 5) is 24.7. The summed E-state index contributed by atoms with van der Waals surface area (Å²) in [5.41, 5.74) is 0. The Kier molecular flexibility index (Phi) is 68.9. The van der Waals surface area contributed by atoms with Crippen LogP contribution >= 0.6 is 0 Å². The lowest BCUT2D eigenvalue weighted by molar-refractivity contribution is -0.143. The van der Waals surface area contributed by atoms with Crippen LogP contribution < -0.4 is 5.32 Å². The molecular weight excluding hydrogens is 995 g/mol. The van der Waals surface area contributed by atoms with Crippen LogP contribution in [0.1, 0.15) is 406 Å². The van der Waals surface area contributed by atoms with E-state index in [1.165, 1.54) is 321 Å². The molecule has 0 spiro atoms. The first-order chi connectivity index (χ1) is 40.0. The fourth-order valence-electron chi connectivity index (χ4n) is 11.6. The van der Waals surface area contributed by atoms with Gasteiger partial charge in [-0.05, 0) is 83.5 Å². The molecule has 0 saturated heterocycles. The number of hydrogen-bond donors (Lipinski definition) is 3. The number of hydrogen-bond acceptors (Lipinski definition) is 5. The number of rotatable bonds is 69. The second-order valence-electron chi connectivity index (χ2n) is 25.3. The summed E-state index contributed by atoms with van der Waals surface area (Å²) < 4.78 is 5.50. The molecule has 0 aromatic heterocycles. The maximum atomic E-state index is 12.6. The third kappa shape index (κ3) is 67.1. The van der Waals surface area contributed by atoms with Gasteiger partial charge in [0.1, 0.15) is 0 Å². The largest absolute Gasteiger partial charge is 0.466 e. The fraction of sp³-hybridized carbons (Fsp3) is 0.893. The molecule has 3 N–H and O–H groups in total. The summed E-state index contributed by atoms with van der Waals surface area (Å²) in [6.45, 7) is 4.96. The highest BCUT2D eigenvalue weighted by Crippen LogP contribution is 2.19. The van der Waals surface area contributed by atoms with Crippen molar-refractivity contribution in [2.45, 2.75) is 418 Å². The van der Waals surface area contributed by atoms with Gasteiger partial charge in [-0.15, -0.1) is 0 Å². The van der Waals surface area contributed by atoms with Gasteiger partial charge in [0.25, 0.3) is 0 Å².